The zero-order valence-electron chi connectivity index (χ0n) is 12.1. The Balaban J connectivity index is 1.68. The van der Waals surface area contributed by atoms with Crippen molar-refractivity contribution in [1.29, 1.82) is 0 Å². The van der Waals surface area contributed by atoms with Crippen LogP contribution < -0.4 is 5.32 Å². The number of nitrogens with zero attached hydrogens (tertiary/aromatic N) is 3. The van der Waals surface area contributed by atoms with E-state index in [1.54, 1.807) is 0 Å². The van der Waals surface area contributed by atoms with Crippen LogP contribution in [-0.2, 0) is 17.8 Å². The molecule has 2 aliphatic rings. The smallest absolute Gasteiger partial charge is 0.113 e. The van der Waals surface area contributed by atoms with Gasteiger partial charge in [-0.25, -0.2) is 0 Å². The fourth-order valence-corrected chi connectivity index (χ4v) is 3.10. The Morgan fingerprint density at radius 1 is 1.50 bits per heavy atom. The van der Waals surface area contributed by atoms with Gasteiger partial charge in [-0.15, -0.1) is 0 Å². The Morgan fingerprint density at radius 3 is 3.30 bits per heavy atom. The number of rotatable bonds is 2. The number of fused-ring (bicyclic) bond motifs is 1. The van der Waals surface area contributed by atoms with E-state index in [9.17, 15) is 5.11 Å². The molecule has 6 nitrogen and oxygen atoms in total. The highest BCUT2D eigenvalue weighted by Gasteiger charge is 2.32. The first-order valence-electron chi connectivity index (χ1n) is 7.41. The standard InChI is InChI=1S/C14H24N4O2/c1-12-7-13-8-17(4-2-5-18(13)16-12)10-14(19)9-15-3-6-20-11-14/h7,15,19H,2-6,8-11H2,1H3. The molecule has 0 bridgehead atoms. The molecule has 1 unspecified atom stereocenters. The Kier molecular flexibility index (Phi) is 4.07. The van der Waals surface area contributed by atoms with Gasteiger partial charge in [0.25, 0.3) is 0 Å². The predicted octanol–water partition coefficient (Wildman–Crippen LogP) is -0.252. The van der Waals surface area contributed by atoms with Crippen LogP contribution >= 0.6 is 0 Å². The van der Waals surface area contributed by atoms with E-state index in [0.717, 1.165) is 38.3 Å². The largest absolute Gasteiger partial charge is 0.385 e. The average molecular weight is 280 g/mol. The summed E-state index contributed by atoms with van der Waals surface area (Å²) in [6, 6.07) is 2.14. The van der Waals surface area contributed by atoms with E-state index >= 15 is 0 Å². The number of hydrogen-bond acceptors (Lipinski definition) is 5. The van der Waals surface area contributed by atoms with Crippen LogP contribution in [0.5, 0.6) is 0 Å². The lowest BCUT2D eigenvalue weighted by molar-refractivity contribution is -0.0501. The zero-order valence-corrected chi connectivity index (χ0v) is 12.1. The maximum absolute atomic E-state index is 10.7. The van der Waals surface area contributed by atoms with Crippen LogP contribution in [0, 0.1) is 6.92 Å². The number of aryl methyl sites for hydroxylation is 2. The van der Waals surface area contributed by atoms with Crippen molar-refractivity contribution in [1.82, 2.24) is 20.0 Å². The first kappa shape index (κ1) is 14.0. The fourth-order valence-electron chi connectivity index (χ4n) is 3.10. The van der Waals surface area contributed by atoms with Crippen molar-refractivity contribution in [2.75, 3.05) is 39.4 Å². The lowest BCUT2D eigenvalue weighted by Crippen LogP contribution is -2.51. The zero-order chi connectivity index (χ0) is 14.0. The average Bonchev–Trinajstić information content (AvgIpc) is 2.56. The third-order valence-electron chi connectivity index (χ3n) is 3.98. The molecule has 112 valence electrons. The molecule has 0 saturated carbocycles. The number of aromatic nitrogens is 2. The van der Waals surface area contributed by atoms with Crippen molar-refractivity contribution in [2.24, 2.45) is 0 Å². The number of hydrogen-bond donors (Lipinski definition) is 2. The molecule has 1 aromatic heterocycles. The van der Waals surface area contributed by atoms with Gasteiger partial charge < -0.3 is 15.2 Å². The van der Waals surface area contributed by atoms with Crippen molar-refractivity contribution in [3.63, 3.8) is 0 Å². The van der Waals surface area contributed by atoms with Gasteiger partial charge in [-0.3, -0.25) is 9.58 Å². The third kappa shape index (κ3) is 3.20. The van der Waals surface area contributed by atoms with Crippen LogP contribution in [0.25, 0.3) is 0 Å². The normalized spacial score (nSPS) is 28.7. The molecule has 6 heteroatoms. The molecule has 0 spiro atoms. The van der Waals surface area contributed by atoms with E-state index in [4.69, 9.17) is 4.74 Å². The highest BCUT2D eigenvalue weighted by atomic mass is 16.5. The van der Waals surface area contributed by atoms with E-state index in [-0.39, 0.29) is 0 Å². The van der Waals surface area contributed by atoms with Gasteiger partial charge in [0.1, 0.15) is 5.60 Å². The van der Waals surface area contributed by atoms with Crippen molar-refractivity contribution in [2.45, 2.75) is 32.0 Å². The first-order valence-corrected chi connectivity index (χ1v) is 7.41. The predicted molar refractivity (Wildman–Crippen MR) is 75.5 cm³/mol. The summed E-state index contributed by atoms with van der Waals surface area (Å²) in [6.45, 7) is 7.98. The van der Waals surface area contributed by atoms with Crippen molar-refractivity contribution in [3.05, 3.63) is 17.5 Å². The minimum Gasteiger partial charge on any atom is -0.385 e. The molecule has 2 aliphatic heterocycles. The topological polar surface area (TPSA) is 62.6 Å². The van der Waals surface area contributed by atoms with Gasteiger partial charge in [-0.05, 0) is 19.4 Å². The lowest BCUT2D eigenvalue weighted by atomic mass is 10.0. The van der Waals surface area contributed by atoms with E-state index in [1.807, 2.05) is 6.92 Å². The van der Waals surface area contributed by atoms with Gasteiger partial charge in [0.15, 0.2) is 0 Å². The monoisotopic (exact) mass is 280 g/mol. The van der Waals surface area contributed by atoms with Gasteiger partial charge in [0.05, 0.1) is 24.6 Å². The van der Waals surface area contributed by atoms with E-state index in [2.05, 4.69) is 26.1 Å². The number of ether oxygens (including phenoxy) is 1. The molecular weight excluding hydrogens is 256 g/mol. The second kappa shape index (κ2) is 5.81. The first-order chi connectivity index (χ1) is 9.65. The molecule has 0 radical (unpaired) electrons. The van der Waals surface area contributed by atoms with Crippen LogP contribution in [0.3, 0.4) is 0 Å². The minimum absolute atomic E-state index is 0.411. The molecule has 1 saturated heterocycles. The van der Waals surface area contributed by atoms with Crippen LogP contribution in [-0.4, -0.2) is 64.8 Å². The molecule has 1 fully saturated rings. The number of β-amino-alcohol motifs (C(OH)–C–C–N with tert-alkyl or cyclic N) is 1. The summed E-state index contributed by atoms with van der Waals surface area (Å²) in [5, 5.41) is 18.5. The molecule has 0 aliphatic carbocycles. The molecule has 3 heterocycles. The highest BCUT2D eigenvalue weighted by molar-refractivity contribution is 5.10. The fraction of sp³-hybridized carbons (Fsp3) is 0.786. The summed E-state index contributed by atoms with van der Waals surface area (Å²) in [4.78, 5) is 2.32. The van der Waals surface area contributed by atoms with Crippen LogP contribution in [0.1, 0.15) is 17.8 Å². The van der Waals surface area contributed by atoms with Gasteiger partial charge >= 0.3 is 0 Å². The molecule has 0 amide bonds. The van der Waals surface area contributed by atoms with E-state index in [0.29, 0.717) is 26.3 Å². The minimum atomic E-state index is -0.791. The summed E-state index contributed by atoms with van der Waals surface area (Å²) in [6.07, 6.45) is 1.07. The number of nitrogens with one attached hydrogen (secondary N) is 1. The third-order valence-corrected chi connectivity index (χ3v) is 3.98. The molecule has 20 heavy (non-hydrogen) atoms. The quantitative estimate of drug-likeness (QED) is 0.782. The molecule has 0 aromatic carbocycles. The molecule has 1 aromatic rings. The molecular formula is C14H24N4O2. The van der Waals surface area contributed by atoms with E-state index in [1.165, 1.54) is 5.69 Å². The maximum atomic E-state index is 10.7. The van der Waals surface area contributed by atoms with Crippen molar-refractivity contribution < 1.29 is 9.84 Å². The molecule has 1 atom stereocenters. The van der Waals surface area contributed by atoms with Crippen LogP contribution in [0.4, 0.5) is 0 Å². The Hall–Kier alpha value is -0.950. The Morgan fingerprint density at radius 2 is 2.40 bits per heavy atom. The lowest BCUT2D eigenvalue weighted by Gasteiger charge is -2.32. The Bertz CT molecular complexity index is 452. The van der Waals surface area contributed by atoms with Gasteiger partial charge in [0, 0.05) is 39.3 Å². The molecule has 3 rings (SSSR count). The second-order valence-electron chi connectivity index (χ2n) is 6.02. The van der Waals surface area contributed by atoms with Crippen LogP contribution in [0.2, 0.25) is 0 Å². The van der Waals surface area contributed by atoms with Gasteiger partial charge in [0.2, 0.25) is 0 Å². The summed E-state index contributed by atoms with van der Waals surface area (Å²) in [5.41, 5.74) is 1.52. The Labute approximate surface area is 119 Å². The summed E-state index contributed by atoms with van der Waals surface area (Å²) >= 11 is 0. The summed E-state index contributed by atoms with van der Waals surface area (Å²) < 4.78 is 7.60. The summed E-state index contributed by atoms with van der Waals surface area (Å²) in [5.74, 6) is 0. The highest BCUT2D eigenvalue weighted by Crippen LogP contribution is 2.17. The van der Waals surface area contributed by atoms with Crippen molar-refractivity contribution in [3.8, 4) is 0 Å². The van der Waals surface area contributed by atoms with E-state index < -0.39 is 5.60 Å². The van der Waals surface area contributed by atoms with Gasteiger partial charge in [-0.2, -0.15) is 5.10 Å². The molecule has 2 N–H and O–H groups in total. The second-order valence-corrected chi connectivity index (χ2v) is 6.02. The van der Waals surface area contributed by atoms with Crippen LogP contribution in [0.15, 0.2) is 6.07 Å². The SMILES string of the molecule is Cc1cc2n(n1)CCCN(CC1(O)CNCCOC1)C2. The summed E-state index contributed by atoms with van der Waals surface area (Å²) in [7, 11) is 0. The van der Waals surface area contributed by atoms with Gasteiger partial charge in [-0.1, -0.05) is 0 Å². The van der Waals surface area contributed by atoms with Crippen molar-refractivity contribution >= 4 is 0 Å². The maximum Gasteiger partial charge on any atom is 0.113 e. The number of aliphatic hydroxyl groups is 1.